The van der Waals surface area contributed by atoms with E-state index in [4.69, 9.17) is 4.74 Å². The molecule has 2 rings (SSSR count). The normalized spacial score (nSPS) is 23.3. The van der Waals surface area contributed by atoms with Gasteiger partial charge in [0.05, 0.1) is 11.6 Å². The van der Waals surface area contributed by atoms with Crippen molar-refractivity contribution in [3.63, 3.8) is 0 Å². The average molecular weight is 312 g/mol. The molecule has 3 heteroatoms. The molecule has 0 aliphatic heterocycles. The molecule has 1 fully saturated rings. The zero-order valence-electron chi connectivity index (χ0n) is 11.2. The second-order valence-electron chi connectivity index (χ2n) is 5.38. The first-order valence-electron chi connectivity index (χ1n) is 6.72. The molecule has 1 saturated carbocycles. The SMILES string of the molecule is COc1ccc(CNCC2CCC(C)C2)cc1Br. The van der Waals surface area contributed by atoms with Crippen LogP contribution in [0, 0.1) is 11.8 Å². The van der Waals surface area contributed by atoms with Gasteiger partial charge < -0.3 is 10.1 Å². The van der Waals surface area contributed by atoms with E-state index < -0.39 is 0 Å². The van der Waals surface area contributed by atoms with E-state index in [2.05, 4.69) is 40.3 Å². The van der Waals surface area contributed by atoms with Crippen LogP contribution in [0.1, 0.15) is 31.7 Å². The fourth-order valence-corrected chi connectivity index (χ4v) is 3.34. The summed E-state index contributed by atoms with van der Waals surface area (Å²) in [6, 6.07) is 6.26. The van der Waals surface area contributed by atoms with Crippen LogP contribution in [0.25, 0.3) is 0 Å². The van der Waals surface area contributed by atoms with Gasteiger partial charge in [0, 0.05) is 6.54 Å². The molecule has 0 amide bonds. The minimum absolute atomic E-state index is 0.877. The fraction of sp³-hybridized carbons (Fsp3) is 0.600. The minimum Gasteiger partial charge on any atom is -0.496 e. The van der Waals surface area contributed by atoms with Gasteiger partial charge in [-0.2, -0.15) is 0 Å². The second-order valence-corrected chi connectivity index (χ2v) is 6.24. The third-order valence-electron chi connectivity index (χ3n) is 3.78. The lowest BCUT2D eigenvalue weighted by Gasteiger charge is -2.12. The summed E-state index contributed by atoms with van der Waals surface area (Å²) in [6.45, 7) is 4.45. The Labute approximate surface area is 118 Å². The Hall–Kier alpha value is -0.540. The van der Waals surface area contributed by atoms with Crippen molar-refractivity contribution in [2.75, 3.05) is 13.7 Å². The zero-order chi connectivity index (χ0) is 13.0. The third kappa shape index (κ3) is 3.72. The van der Waals surface area contributed by atoms with Gasteiger partial charge in [-0.05, 0) is 64.8 Å². The van der Waals surface area contributed by atoms with E-state index in [0.29, 0.717) is 0 Å². The highest BCUT2D eigenvalue weighted by atomic mass is 79.9. The molecule has 100 valence electrons. The topological polar surface area (TPSA) is 21.3 Å². The molecule has 0 bridgehead atoms. The van der Waals surface area contributed by atoms with Crippen LogP contribution in [0.4, 0.5) is 0 Å². The van der Waals surface area contributed by atoms with E-state index in [9.17, 15) is 0 Å². The van der Waals surface area contributed by atoms with Gasteiger partial charge in [0.15, 0.2) is 0 Å². The summed E-state index contributed by atoms with van der Waals surface area (Å²) in [5, 5.41) is 3.57. The largest absolute Gasteiger partial charge is 0.496 e. The predicted octanol–water partition coefficient (Wildman–Crippen LogP) is 3.98. The van der Waals surface area contributed by atoms with E-state index in [1.165, 1.54) is 24.8 Å². The molecular formula is C15H22BrNO. The summed E-state index contributed by atoms with van der Waals surface area (Å²) in [5.41, 5.74) is 1.30. The quantitative estimate of drug-likeness (QED) is 0.888. The average Bonchev–Trinajstić information content (AvgIpc) is 2.75. The highest BCUT2D eigenvalue weighted by molar-refractivity contribution is 9.10. The molecule has 2 unspecified atom stereocenters. The third-order valence-corrected chi connectivity index (χ3v) is 4.40. The molecule has 0 saturated heterocycles. The van der Waals surface area contributed by atoms with Crippen molar-refractivity contribution in [3.8, 4) is 5.75 Å². The maximum absolute atomic E-state index is 5.23. The molecule has 0 radical (unpaired) electrons. The van der Waals surface area contributed by atoms with Crippen molar-refractivity contribution in [3.05, 3.63) is 28.2 Å². The summed E-state index contributed by atoms with van der Waals surface area (Å²) in [6.07, 6.45) is 4.18. The summed E-state index contributed by atoms with van der Waals surface area (Å²) in [5.74, 6) is 2.69. The first-order chi connectivity index (χ1) is 8.69. The van der Waals surface area contributed by atoms with Crippen LogP contribution >= 0.6 is 15.9 Å². The first-order valence-corrected chi connectivity index (χ1v) is 7.51. The van der Waals surface area contributed by atoms with Gasteiger partial charge in [-0.15, -0.1) is 0 Å². The summed E-state index contributed by atoms with van der Waals surface area (Å²) in [7, 11) is 1.69. The molecule has 1 N–H and O–H groups in total. The van der Waals surface area contributed by atoms with Crippen molar-refractivity contribution in [1.82, 2.24) is 5.32 Å². The molecule has 1 aromatic rings. The first kappa shape index (κ1) is 13.9. The van der Waals surface area contributed by atoms with Crippen molar-refractivity contribution >= 4 is 15.9 Å². The van der Waals surface area contributed by atoms with E-state index in [-0.39, 0.29) is 0 Å². The Morgan fingerprint density at radius 1 is 1.39 bits per heavy atom. The van der Waals surface area contributed by atoms with Crippen LogP contribution < -0.4 is 10.1 Å². The van der Waals surface area contributed by atoms with Crippen LogP contribution in [-0.2, 0) is 6.54 Å². The van der Waals surface area contributed by atoms with Gasteiger partial charge in [-0.1, -0.05) is 19.4 Å². The fourth-order valence-electron chi connectivity index (χ4n) is 2.75. The van der Waals surface area contributed by atoms with Gasteiger partial charge >= 0.3 is 0 Å². The van der Waals surface area contributed by atoms with Crippen molar-refractivity contribution in [2.24, 2.45) is 11.8 Å². The van der Waals surface area contributed by atoms with Crippen molar-refractivity contribution in [2.45, 2.75) is 32.7 Å². The molecular weight excluding hydrogens is 290 g/mol. The second kappa shape index (κ2) is 6.58. The number of benzene rings is 1. The number of halogens is 1. The molecule has 0 spiro atoms. The molecule has 1 aromatic carbocycles. The van der Waals surface area contributed by atoms with Crippen LogP contribution in [0.5, 0.6) is 5.75 Å². The van der Waals surface area contributed by atoms with E-state index in [0.717, 1.165) is 35.1 Å². The highest BCUT2D eigenvalue weighted by Crippen LogP contribution is 2.30. The van der Waals surface area contributed by atoms with Crippen LogP contribution in [0.2, 0.25) is 0 Å². The zero-order valence-corrected chi connectivity index (χ0v) is 12.8. The maximum Gasteiger partial charge on any atom is 0.133 e. The highest BCUT2D eigenvalue weighted by Gasteiger charge is 2.20. The molecule has 18 heavy (non-hydrogen) atoms. The van der Waals surface area contributed by atoms with Gasteiger partial charge in [0.2, 0.25) is 0 Å². The van der Waals surface area contributed by atoms with Gasteiger partial charge in [0.1, 0.15) is 5.75 Å². The number of hydrogen-bond donors (Lipinski definition) is 1. The Morgan fingerprint density at radius 2 is 2.22 bits per heavy atom. The smallest absolute Gasteiger partial charge is 0.133 e. The lowest BCUT2D eigenvalue weighted by atomic mass is 10.1. The van der Waals surface area contributed by atoms with E-state index in [1.54, 1.807) is 7.11 Å². The van der Waals surface area contributed by atoms with Gasteiger partial charge in [0.25, 0.3) is 0 Å². The molecule has 0 aromatic heterocycles. The van der Waals surface area contributed by atoms with Gasteiger partial charge in [-0.3, -0.25) is 0 Å². The standard InChI is InChI=1S/C15H22BrNO/c1-11-3-4-12(7-11)9-17-10-13-5-6-15(18-2)14(16)8-13/h5-6,8,11-12,17H,3-4,7,9-10H2,1-2H3. The number of rotatable bonds is 5. The number of hydrogen-bond acceptors (Lipinski definition) is 2. The molecule has 0 heterocycles. The van der Waals surface area contributed by atoms with E-state index >= 15 is 0 Å². The number of ether oxygens (including phenoxy) is 1. The van der Waals surface area contributed by atoms with Crippen LogP contribution in [0.3, 0.4) is 0 Å². The summed E-state index contributed by atoms with van der Waals surface area (Å²) in [4.78, 5) is 0. The molecule has 1 aliphatic rings. The Balaban J connectivity index is 1.78. The minimum atomic E-state index is 0.877. The lowest BCUT2D eigenvalue weighted by Crippen LogP contribution is -2.20. The van der Waals surface area contributed by atoms with Crippen LogP contribution in [-0.4, -0.2) is 13.7 Å². The summed E-state index contributed by atoms with van der Waals surface area (Å²) >= 11 is 3.52. The predicted molar refractivity (Wildman–Crippen MR) is 78.9 cm³/mol. The van der Waals surface area contributed by atoms with E-state index in [1.807, 2.05) is 6.07 Å². The number of nitrogens with one attached hydrogen (secondary N) is 1. The number of methoxy groups -OCH3 is 1. The van der Waals surface area contributed by atoms with Gasteiger partial charge in [-0.25, -0.2) is 0 Å². The maximum atomic E-state index is 5.23. The monoisotopic (exact) mass is 311 g/mol. The summed E-state index contributed by atoms with van der Waals surface area (Å²) < 4.78 is 6.26. The molecule has 2 atom stereocenters. The molecule has 2 nitrogen and oxygen atoms in total. The van der Waals surface area contributed by atoms with Crippen molar-refractivity contribution < 1.29 is 4.74 Å². The van der Waals surface area contributed by atoms with Crippen molar-refractivity contribution in [1.29, 1.82) is 0 Å². The Kier molecular flexibility index (Phi) is 5.07. The molecule has 1 aliphatic carbocycles. The lowest BCUT2D eigenvalue weighted by molar-refractivity contribution is 0.411. The van der Waals surface area contributed by atoms with Crippen LogP contribution in [0.15, 0.2) is 22.7 Å². The Morgan fingerprint density at radius 3 is 2.83 bits per heavy atom. The Bertz CT molecular complexity index is 394.